The van der Waals surface area contributed by atoms with Crippen LogP contribution in [0.15, 0.2) is 28.2 Å². The second-order valence-electron chi connectivity index (χ2n) is 5.34. The smallest absolute Gasteiger partial charge is 0.147 e. The topological polar surface area (TPSA) is 42.9 Å². The summed E-state index contributed by atoms with van der Waals surface area (Å²) in [7, 11) is 0. The number of nitrogens with zero attached hydrogens (tertiary/aromatic N) is 2. The van der Waals surface area contributed by atoms with E-state index >= 15 is 0 Å². The maximum absolute atomic E-state index is 11.3. The zero-order valence-electron chi connectivity index (χ0n) is 11.0. The van der Waals surface area contributed by atoms with E-state index in [0.717, 1.165) is 44.3 Å². The fourth-order valence-corrected chi connectivity index (χ4v) is 3.03. The highest BCUT2D eigenvalue weighted by molar-refractivity contribution is 9.10. The summed E-state index contributed by atoms with van der Waals surface area (Å²) < 4.78 is 0.977. The SMILES string of the molecule is CC1=C(C=O)C(C)(C)c2nc3cc(Br)ccc3nc21. The number of benzene rings is 1. The van der Waals surface area contributed by atoms with E-state index in [1.54, 1.807) is 0 Å². The third-order valence-electron chi connectivity index (χ3n) is 3.77. The lowest BCUT2D eigenvalue weighted by molar-refractivity contribution is -0.105. The first kappa shape index (κ1) is 12.5. The van der Waals surface area contributed by atoms with Gasteiger partial charge in [0, 0.05) is 15.5 Å². The van der Waals surface area contributed by atoms with E-state index in [4.69, 9.17) is 4.98 Å². The molecule has 0 saturated heterocycles. The van der Waals surface area contributed by atoms with Crippen molar-refractivity contribution in [2.45, 2.75) is 26.2 Å². The Bertz CT molecular complexity index is 747. The van der Waals surface area contributed by atoms with Gasteiger partial charge in [-0.05, 0) is 44.5 Å². The van der Waals surface area contributed by atoms with Crippen molar-refractivity contribution in [2.75, 3.05) is 0 Å². The molecule has 0 amide bonds. The zero-order valence-corrected chi connectivity index (χ0v) is 12.6. The second kappa shape index (κ2) is 3.97. The van der Waals surface area contributed by atoms with Crippen molar-refractivity contribution in [3.05, 3.63) is 39.6 Å². The number of aromatic nitrogens is 2. The summed E-state index contributed by atoms with van der Waals surface area (Å²) in [6.45, 7) is 5.98. The highest BCUT2D eigenvalue weighted by Crippen LogP contribution is 2.43. The number of hydrogen-bond donors (Lipinski definition) is 0. The molecule has 0 aliphatic heterocycles. The van der Waals surface area contributed by atoms with Crippen molar-refractivity contribution in [1.82, 2.24) is 9.97 Å². The molecule has 0 N–H and O–H groups in total. The zero-order chi connectivity index (χ0) is 13.8. The van der Waals surface area contributed by atoms with Crippen LogP contribution in [0, 0.1) is 0 Å². The molecule has 0 radical (unpaired) electrons. The van der Waals surface area contributed by atoms with Gasteiger partial charge in [-0.3, -0.25) is 4.79 Å². The minimum atomic E-state index is -0.370. The Morgan fingerprint density at radius 3 is 2.63 bits per heavy atom. The largest absolute Gasteiger partial charge is 0.298 e. The third-order valence-corrected chi connectivity index (χ3v) is 4.26. The van der Waals surface area contributed by atoms with Crippen LogP contribution >= 0.6 is 15.9 Å². The van der Waals surface area contributed by atoms with Crippen molar-refractivity contribution in [1.29, 1.82) is 0 Å². The van der Waals surface area contributed by atoms with Crippen LogP contribution in [-0.2, 0) is 10.2 Å². The molecule has 0 bridgehead atoms. The first-order valence-corrected chi connectivity index (χ1v) is 6.89. The standard InChI is InChI=1S/C15H13BrN2O/c1-8-10(7-19)15(2,3)14-13(8)17-11-5-4-9(16)6-12(11)18-14/h4-7H,1-3H3. The van der Waals surface area contributed by atoms with Crippen molar-refractivity contribution in [3.63, 3.8) is 0 Å². The Balaban J connectivity index is 2.37. The van der Waals surface area contributed by atoms with Gasteiger partial charge in [0.1, 0.15) is 6.29 Å². The maximum atomic E-state index is 11.3. The molecule has 1 heterocycles. The molecular formula is C15H13BrN2O. The normalized spacial score (nSPS) is 16.8. The number of halogens is 1. The van der Waals surface area contributed by atoms with Crippen LogP contribution in [0.25, 0.3) is 16.6 Å². The van der Waals surface area contributed by atoms with E-state index in [-0.39, 0.29) is 5.41 Å². The fourth-order valence-electron chi connectivity index (χ4n) is 2.68. The first-order chi connectivity index (χ1) is 8.95. The second-order valence-corrected chi connectivity index (χ2v) is 6.25. The summed E-state index contributed by atoms with van der Waals surface area (Å²) in [5, 5.41) is 0. The third kappa shape index (κ3) is 1.66. The highest BCUT2D eigenvalue weighted by Gasteiger charge is 2.38. The summed E-state index contributed by atoms with van der Waals surface area (Å²) in [4.78, 5) is 20.7. The molecule has 0 spiro atoms. The van der Waals surface area contributed by atoms with Crippen LogP contribution in [0.3, 0.4) is 0 Å². The number of rotatable bonds is 1. The number of allylic oxidation sites excluding steroid dienone is 2. The predicted molar refractivity (Wildman–Crippen MR) is 78.9 cm³/mol. The number of carbonyl (C=O) groups excluding carboxylic acids is 1. The number of fused-ring (bicyclic) bond motifs is 2. The Morgan fingerprint density at radius 1 is 1.21 bits per heavy atom. The average molecular weight is 317 g/mol. The molecule has 1 aromatic carbocycles. The summed E-state index contributed by atoms with van der Waals surface area (Å²) in [5.41, 5.74) is 4.78. The quantitative estimate of drug-likeness (QED) is 0.754. The molecule has 0 unspecified atom stereocenters. The van der Waals surface area contributed by atoms with Gasteiger partial charge in [-0.2, -0.15) is 0 Å². The van der Waals surface area contributed by atoms with Gasteiger partial charge in [0.15, 0.2) is 0 Å². The van der Waals surface area contributed by atoms with Crippen LogP contribution in [0.2, 0.25) is 0 Å². The summed E-state index contributed by atoms with van der Waals surface area (Å²) in [6.07, 6.45) is 0.930. The van der Waals surface area contributed by atoms with Gasteiger partial charge < -0.3 is 0 Å². The number of carbonyl (C=O) groups is 1. The molecule has 3 rings (SSSR count). The number of aldehydes is 1. The first-order valence-electron chi connectivity index (χ1n) is 6.10. The van der Waals surface area contributed by atoms with Crippen LogP contribution < -0.4 is 0 Å². The Labute approximate surface area is 119 Å². The molecule has 0 atom stereocenters. The van der Waals surface area contributed by atoms with E-state index in [2.05, 4.69) is 20.9 Å². The van der Waals surface area contributed by atoms with Gasteiger partial charge in [-0.1, -0.05) is 15.9 Å². The van der Waals surface area contributed by atoms with Crippen molar-refractivity contribution >= 4 is 38.8 Å². The van der Waals surface area contributed by atoms with E-state index in [1.165, 1.54) is 0 Å². The molecule has 2 aromatic rings. The summed E-state index contributed by atoms with van der Waals surface area (Å²) in [6, 6.07) is 5.84. The van der Waals surface area contributed by atoms with Crippen LogP contribution in [-0.4, -0.2) is 16.3 Å². The van der Waals surface area contributed by atoms with E-state index < -0.39 is 0 Å². The van der Waals surface area contributed by atoms with Crippen LogP contribution in [0.5, 0.6) is 0 Å². The molecule has 19 heavy (non-hydrogen) atoms. The fraction of sp³-hybridized carbons (Fsp3) is 0.267. The Hall–Kier alpha value is -1.55. The van der Waals surface area contributed by atoms with Crippen LogP contribution in [0.1, 0.15) is 32.2 Å². The van der Waals surface area contributed by atoms with Gasteiger partial charge in [0.05, 0.1) is 22.4 Å². The van der Waals surface area contributed by atoms with Gasteiger partial charge in [-0.15, -0.1) is 0 Å². The Morgan fingerprint density at radius 2 is 1.95 bits per heavy atom. The molecule has 4 heteroatoms. The number of hydrogen-bond acceptors (Lipinski definition) is 3. The molecule has 3 nitrogen and oxygen atoms in total. The van der Waals surface area contributed by atoms with Crippen molar-refractivity contribution < 1.29 is 4.79 Å². The summed E-state index contributed by atoms with van der Waals surface area (Å²) in [5.74, 6) is 0. The predicted octanol–water partition coefficient (Wildman–Crippen LogP) is 3.66. The van der Waals surface area contributed by atoms with Crippen LogP contribution in [0.4, 0.5) is 0 Å². The molecule has 0 saturated carbocycles. The monoisotopic (exact) mass is 316 g/mol. The van der Waals surface area contributed by atoms with Crippen molar-refractivity contribution in [2.24, 2.45) is 0 Å². The highest BCUT2D eigenvalue weighted by atomic mass is 79.9. The Kier molecular flexibility index (Phi) is 2.61. The minimum absolute atomic E-state index is 0.370. The van der Waals surface area contributed by atoms with Gasteiger partial charge in [-0.25, -0.2) is 9.97 Å². The van der Waals surface area contributed by atoms with Gasteiger partial charge in [0.2, 0.25) is 0 Å². The molecule has 96 valence electrons. The van der Waals surface area contributed by atoms with E-state index in [0.29, 0.717) is 0 Å². The molecule has 1 aromatic heterocycles. The minimum Gasteiger partial charge on any atom is -0.298 e. The van der Waals surface area contributed by atoms with Gasteiger partial charge in [0.25, 0.3) is 0 Å². The molecular weight excluding hydrogens is 304 g/mol. The summed E-state index contributed by atoms with van der Waals surface area (Å²) >= 11 is 3.44. The van der Waals surface area contributed by atoms with E-state index in [9.17, 15) is 4.79 Å². The van der Waals surface area contributed by atoms with Crippen molar-refractivity contribution in [3.8, 4) is 0 Å². The lowest BCUT2D eigenvalue weighted by Gasteiger charge is -2.19. The molecule has 1 aliphatic carbocycles. The average Bonchev–Trinajstić information content (AvgIpc) is 2.54. The maximum Gasteiger partial charge on any atom is 0.147 e. The molecule has 1 aliphatic rings. The van der Waals surface area contributed by atoms with E-state index in [1.807, 2.05) is 39.0 Å². The van der Waals surface area contributed by atoms with Gasteiger partial charge >= 0.3 is 0 Å². The molecule has 0 fully saturated rings. The lowest BCUT2D eigenvalue weighted by Crippen LogP contribution is -2.20. The lowest BCUT2D eigenvalue weighted by atomic mass is 9.85.